The first-order valence-corrected chi connectivity index (χ1v) is 4.75. The minimum absolute atomic E-state index is 0.0713. The highest BCUT2D eigenvalue weighted by Gasteiger charge is 2.53. The fourth-order valence-corrected chi connectivity index (χ4v) is 0.923. The van der Waals surface area contributed by atoms with Crippen LogP contribution in [0.2, 0.25) is 0 Å². The Kier molecular flexibility index (Phi) is 5.21. The number of nitrogens with one attached hydrogen (secondary N) is 1. The summed E-state index contributed by atoms with van der Waals surface area (Å²) in [6.45, 7) is 2.83. The lowest BCUT2D eigenvalue weighted by atomic mass is 10.0. The highest BCUT2D eigenvalue weighted by molar-refractivity contribution is 5.86. The van der Waals surface area contributed by atoms with Crippen molar-refractivity contribution in [3.8, 4) is 0 Å². The first kappa shape index (κ1) is 15.2. The molecule has 0 aliphatic heterocycles. The monoisotopic (exact) mass is 242 g/mol. The van der Waals surface area contributed by atoms with Crippen LogP contribution in [0.25, 0.3) is 0 Å². The molecule has 0 spiro atoms. The summed E-state index contributed by atoms with van der Waals surface area (Å²) in [4.78, 5) is 11.2. The molecule has 2 atom stereocenters. The number of hydrogen-bond acceptors (Lipinski definition) is 3. The molecule has 0 aliphatic carbocycles. The standard InChI is InChI=1S/C9H17F3N2O2/c1-6(5-16-3)4-14-7(15)8(2,13)9(10,11)12/h6H,4-5,13H2,1-3H3,(H,14,15). The summed E-state index contributed by atoms with van der Waals surface area (Å²) in [5, 5.41) is 2.15. The van der Waals surface area contributed by atoms with Gasteiger partial charge in [0.15, 0.2) is 5.54 Å². The maximum absolute atomic E-state index is 12.3. The average molecular weight is 242 g/mol. The smallest absolute Gasteiger partial charge is 0.384 e. The highest BCUT2D eigenvalue weighted by atomic mass is 19.4. The van der Waals surface area contributed by atoms with E-state index in [1.165, 1.54) is 7.11 Å². The zero-order chi connectivity index (χ0) is 13.0. The zero-order valence-corrected chi connectivity index (χ0v) is 9.52. The van der Waals surface area contributed by atoms with Crippen LogP contribution in [-0.4, -0.2) is 37.9 Å². The third-order valence-electron chi connectivity index (χ3n) is 2.12. The van der Waals surface area contributed by atoms with E-state index in [1.807, 2.05) is 0 Å². The maximum atomic E-state index is 12.3. The first-order chi connectivity index (χ1) is 7.13. The van der Waals surface area contributed by atoms with E-state index in [-0.39, 0.29) is 12.5 Å². The fourth-order valence-electron chi connectivity index (χ4n) is 0.923. The number of carbonyl (C=O) groups is 1. The van der Waals surface area contributed by atoms with Crippen LogP contribution < -0.4 is 11.1 Å². The van der Waals surface area contributed by atoms with E-state index in [0.717, 1.165) is 0 Å². The summed E-state index contributed by atoms with van der Waals surface area (Å²) < 4.78 is 41.8. The van der Waals surface area contributed by atoms with E-state index in [4.69, 9.17) is 10.5 Å². The summed E-state index contributed by atoms with van der Waals surface area (Å²) in [5.74, 6) is -1.30. The molecule has 0 aromatic carbocycles. The lowest BCUT2D eigenvalue weighted by Gasteiger charge is -2.26. The molecule has 4 nitrogen and oxygen atoms in total. The van der Waals surface area contributed by atoms with Crippen molar-refractivity contribution in [3.63, 3.8) is 0 Å². The first-order valence-electron chi connectivity index (χ1n) is 4.75. The van der Waals surface area contributed by atoms with Crippen LogP contribution in [0.15, 0.2) is 0 Å². The lowest BCUT2D eigenvalue weighted by molar-refractivity contribution is -0.187. The van der Waals surface area contributed by atoms with Crippen molar-refractivity contribution >= 4 is 5.91 Å². The Morgan fingerprint density at radius 3 is 2.38 bits per heavy atom. The van der Waals surface area contributed by atoms with Gasteiger partial charge in [-0.05, 0) is 12.8 Å². The Morgan fingerprint density at radius 1 is 1.50 bits per heavy atom. The minimum atomic E-state index is -4.76. The Labute approximate surface area is 92.3 Å². The van der Waals surface area contributed by atoms with Crippen molar-refractivity contribution in [3.05, 3.63) is 0 Å². The number of amides is 1. The molecular weight excluding hydrogens is 225 g/mol. The van der Waals surface area contributed by atoms with E-state index in [1.54, 1.807) is 6.92 Å². The topological polar surface area (TPSA) is 64.3 Å². The molecule has 0 aromatic heterocycles. The van der Waals surface area contributed by atoms with Crippen LogP contribution in [-0.2, 0) is 9.53 Å². The zero-order valence-electron chi connectivity index (χ0n) is 9.52. The number of ether oxygens (including phenoxy) is 1. The fraction of sp³-hybridized carbons (Fsp3) is 0.889. The van der Waals surface area contributed by atoms with Gasteiger partial charge in [0.05, 0.1) is 6.61 Å². The molecule has 0 heterocycles. The Morgan fingerprint density at radius 2 is 2.00 bits per heavy atom. The van der Waals surface area contributed by atoms with Crippen LogP contribution in [0.4, 0.5) is 13.2 Å². The van der Waals surface area contributed by atoms with Gasteiger partial charge in [-0.25, -0.2) is 0 Å². The second-order valence-electron chi connectivity index (χ2n) is 3.97. The van der Waals surface area contributed by atoms with Crippen LogP contribution >= 0.6 is 0 Å². The van der Waals surface area contributed by atoms with Crippen LogP contribution in [0.3, 0.4) is 0 Å². The quantitative estimate of drug-likeness (QED) is 0.744. The van der Waals surface area contributed by atoms with Crippen molar-refractivity contribution < 1.29 is 22.7 Å². The van der Waals surface area contributed by atoms with E-state index in [2.05, 4.69) is 5.32 Å². The van der Waals surface area contributed by atoms with Gasteiger partial charge < -0.3 is 15.8 Å². The van der Waals surface area contributed by atoms with Gasteiger partial charge >= 0.3 is 6.18 Å². The van der Waals surface area contributed by atoms with Crippen molar-refractivity contribution in [2.24, 2.45) is 11.7 Å². The molecule has 0 aliphatic rings. The summed E-state index contributed by atoms with van der Waals surface area (Å²) in [6.07, 6.45) is -4.76. The van der Waals surface area contributed by atoms with Gasteiger partial charge in [-0.1, -0.05) is 6.92 Å². The molecule has 0 radical (unpaired) electrons. The largest absolute Gasteiger partial charge is 0.415 e. The molecule has 16 heavy (non-hydrogen) atoms. The molecule has 0 aromatic rings. The van der Waals surface area contributed by atoms with Crippen LogP contribution in [0.5, 0.6) is 0 Å². The van der Waals surface area contributed by atoms with E-state index >= 15 is 0 Å². The summed E-state index contributed by atoms with van der Waals surface area (Å²) in [7, 11) is 1.47. The molecule has 2 unspecified atom stereocenters. The van der Waals surface area contributed by atoms with Crippen molar-refractivity contribution in [2.75, 3.05) is 20.3 Å². The van der Waals surface area contributed by atoms with E-state index < -0.39 is 17.6 Å². The second kappa shape index (κ2) is 5.49. The average Bonchev–Trinajstić information content (AvgIpc) is 2.12. The summed E-state index contributed by atoms with van der Waals surface area (Å²) >= 11 is 0. The summed E-state index contributed by atoms with van der Waals surface area (Å²) in [5.41, 5.74) is 2.07. The number of carbonyl (C=O) groups excluding carboxylic acids is 1. The van der Waals surface area contributed by atoms with E-state index in [9.17, 15) is 18.0 Å². The molecule has 0 fully saturated rings. The molecule has 0 rings (SSSR count). The summed E-state index contributed by atoms with van der Waals surface area (Å²) in [6, 6.07) is 0. The van der Waals surface area contributed by atoms with Crippen molar-refractivity contribution in [2.45, 2.75) is 25.6 Å². The number of nitrogens with two attached hydrogens (primary N) is 1. The third kappa shape index (κ3) is 3.97. The Balaban J connectivity index is 4.27. The number of rotatable bonds is 5. The van der Waals surface area contributed by atoms with Gasteiger partial charge in [-0.2, -0.15) is 13.2 Å². The van der Waals surface area contributed by atoms with Gasteiger partial charge in [-0.3, -0.25) is 4.79 Å². The Hall–Kier alpha value is -0.820. The molecule has 0 bridgehead atoms. The number of halogens is 3. The second-order valence-corrected chi connectivity index (χ2v) is 3.97. The third-order valence-corrected chi connectivity index (χ3v) is 2.12. The molecule has 0 saturated heterocycles. The maximum Gasteiger partial charge on any atom is 0.415 e. The van der Waals surface area contributed by atoms with Crippen molar-refractivity contribution in [1.82, 2.24) is 5.32 Å². The number of hydrogen-bond donors (Lipinski definition) is 2. The van der Waals surface area contributed by atoms with E-state index in [0.29, 0.717) is 13.5 Å². The van der Waals surface area contributed by atoms with Gasteiger partial charge in [0.2, 0.25) is 5.91 Å². The molecule has 1 amide bonds. The van der Waals surface area contributed by atoms with Gasteiger partial charge in [0.1, 0.15) is 0 Å². The van der Waals surface area contributed by atoms with Gasteiger partial charge in [0, 0.05) is 13.7 Å². The minimum Gasteiger partial charge on any atom is -0.384 e. The predicted molar refractivity (Wildman–Crippen MR) is 52.7 cm³/mol. The molecule has 3 N–H and O–H groups in total. The number of methoxy groups -OCH3 is 1. The molecule has 0 saturated carbocycles. The number of alkyl halides is 3. The Bertz CT molecular complexity index is 241. The SMILES string of the molecule is COCC(C)CNC(=O)C(C)(N)C(F)(F)F. The van der Waals surface area contributed by atoms with Crippen LogP contribution in [0.1, 0.15) is 13.8 Å². The lowest BCUT2D eigenvalue weighted by Crippen LogP contribution is -2.61. The van der Waals surface area contributed by atoms with Crippen LogP contribution in [0, 0.1) is 5.92 Å². The predicted octanol–water partition coefficient (Wildman–Crippen LogP) is 0.665. The van der Waals surface area contributed by atoms with Gasteiger partial charge in [-0.15, -0.1) is 0 Å². The molecule has 7 heteroatoms. The molecular formula is C9H17F3N2O2. The van der Waals surface area contributed by atoms with Crippen molar-refractivity contribution in [1.29, 1.82) is 0 Å². The highest BCUT2D eigenvalue weighted by Crippen LogP contribution is 2.27. The molecule has 96 valence electrons. The van der Waals surface area contributed by atoms with Gasteiger partial charge in [0.25, 0.3) is 0 Å². The normalized spacial score (nSPS) is 17.7.